The van der Waals surface area contributed by atoms with Gasteiger partial charge in [-0.3, -0.25) is 4.57 Å². The van der Waals surface area contributed by atoms with Gasteiger partial charge in [-0.25, -0.2) is 18.7 Å². The van der Waals surface area contributed by atoms with Crippen LogP contribution in [0.5, 0.6) is 0 Å². The highest BCUT2D eigenvalue weighted by atomic mass is 19.1. The Bertz CT molecular complexity index is 1210. The molecule has 0 aromatic carbocycles. The predicted octanol–water partition coefficient (Wildman–Crippen LogP) is 4.60. The van der Waals surface area contributed by atoms with Crippen LogP contribution in [0.3, 0.4) is 0 Å². The largest absolute Gasteiger partial charge is 0.444 e. The zero-order chi connectivity index (χ0) is 24.2. The van der Waals surface area contributed by atoms with Crippen LogP contribution in [0, 0.1) is 5.92 Å². The number of hydrogen-bond donors (Lipinski definition) is 1. The maximum absolute atomic E-state index is 14.6. The Labute approximate surface area is 192 Å². The maximum atomic E-state index is 14.6. The normalized spacial score (nSPS) is 23.5. The number of carbonyl (C=O) groups is 1. The molecule has 0 bridgehead atoms. The van der Waals surface area contributed by atoms with Crippen LogP contribution in [-0.2, 0) is 11.2 Å². The second kappa shape index (κ2) is 8.04. The zero-order valence-electron chi connectivity index (χ0n) is 20.3. The number of hydrogen-bond acceptors (Lipinski definition) is 4. The fourth-order valence-corrected chi connectivity index (χ4v) is 4.70. The molecule has 178 valence electrons. The van der Waals surface area contributed by atoms with Crippen molar-refractivity contribution in [2.45, 2.75) is 72.6 Å². The van der Waals surface area contributed by atoms with Crippen molar-refractivity contribution in [2.24, 2.45) is 5.92 Å². The van der Waals surface area contributed by atoms with Crippen LogP contribution < -0.4 is 5.69 Å². The summed E-state index contributed by atoms with van der Waals surface area (Å²) in [4.78, 5) is 30.0. The van der Waals surface area contributed by atoms with Gasteiger partial charge in [0.15, 0.2) is 0 Å². The fraction of sp³-hybridized carbons (Fsp3) is 0.542. The first-order valence-corrected chi connectivity index (χ1v) is 11.3. The molecule has 4 rings (SSSR count). The fourth-order valence-electron chi connectivity index (χ4n) is 4.70. The molecule has 9 heteroatoms. The third-order valence-corrected chi connectivity index (χ3v) is 6.57. The molecule has 1 aliphatic carbocycles. The Kier molecular flexibility index (Phi) is 5.62. The van der Waals surface area contributed by atoms with Crippen LogP contribution in [0.4, 0.5) is 9.18 Å². The smallest absolute Gasteiger partial charge is 0.410 e. The Hall–Kier alpha value is -3.10. The number of imidazole rings is 1. The van der Waals surface area contributed by atoms with Crippen molar-refractivity contribution >= 4 is 6.09 Å². The monoisotopic (exact) mass is 457 g/mol. The highest BCUT2D eigenvalue weighted by Gasteiger charge is 2.39. The van der Waals surface area contributed by atoms with Crippen molar-refractivity contribution in [3.8, 4) is 5.82 Å². The van der Waals surface area contributed by atoms with Crippen molar-refractivity contribution in [3.63, 3.8) is 0 Å². The minimum Gasteiger partial charge on any atom is -0.444 e. The van der Waals surface area contributed by atoms with E-state index in [9.17, 15) is 14.0 Å². The molecular weight excluding hydrogens is 425 g/mol. The summed E-state index contributed by atoms with van der Waals surface area (Å²) in [6.45, 7) is 13.4. The van der Waals surface area contributed by atoms with E-state index in [1.165, 1.54) is 4.57 Å². The molecule has 0 fully saturated rings. The Morgan fingerprint density at radius 2 is 1.97 bits per heavy atom. The summed E-state index contributed by atoms with van der Waals surface area (Å²) in [5, 5.41) is 4.91. The molecule has 3 heterocycles. The number of nitrogens with one attached hydrogen (secondary N) is 1. The topological polar surface area (TPSA) is 85.2 Å². The Balaban J connectivity index is 1.86. The van der Waals surface area contributed by atoms with Gasteiger partial charge in [-0.15, -0.1) is 0 Å². The van der Waals surface area contributed by atoms with E-state index in [1.54, 1.807) is 31.1 Å². The lowest BCUT2D eigenvalue weighted by molar-refractivity contribution is 0.0159. The molecule has 8 nitrogen and oxygen atoms in total. The Morgan fingerprint density at radius 3 is 2.58 bits per heavy atom. The van der Waals surface area contributed by atoms with Crippen LogP contribution in [-0.4, -0.2) is 42.5 Å². The number of H-pyrrole nitrogens is 1. The molecule has 2 aliphatic rings. The summed E-state index contributed by atoms with van der Waals surface area (Å²) in [7, 11) is 0. The summed E-state index contributed by atoms with van der Waals surface area (Å²) < 4.78 is 23.5. The van der Waals surface area contributed by atoms with Gasteiger partial charge in [0, 0.05) is 36.8 Å². The molecule has 2 aromatic rings. The highest BCUT2D eigenvalue weighted by molar-refractivity contribution is 5.70. The predicted molar refractivity (Wildman–Crippen MR) is 123 cm³/mol. The molecule has 0 spiro atoms. The van der Waals surface area contributed by atoms with Crippen molar-refractivity contribution in [1.82, 2.24) is 24.2 Å². The van der Waals surface area contributed by atoms with E-state index in [-0.39, 0.29) is 29.5 Å². The number of carbonyl (C=O) groups excluding carboxylic acids is 1. The molecule has 0 radical (unpaired) electrons. The number of ether oxygens (including phenoxy) is 1. The van der Waals surface area contributed by atoms with Gasteiger partial charge in [-0.1, -0.05) is 13.0 Å². The third kappa shape index (κ3) is 3.94. The molecule has 0 saturated carbocycles. The maximum Gasteiger partial charge on any atom is 0.410 e. The number of fused-ring (bicyclic) bond motifs is 1. The highest BCUT2D eigenvalue weighted by Crippen LogP contribution is 2.41. The molecule has 1 aliphatic heterocycles. The Morgan fingerprint density at radius 1 is 1.27 bits per heavy atom. The standard InChI is InChI=1S/C24H32FN5O3/c1-13-12-18(14(2)15(3)20(13)25)30-21(29-11-9-26-22(29)31)19-16(4)28(10-8-17(19)27-30)23(32)33-24(5,6)7/h9,11-12,14,16,18H,8,10H2,1-7H3,(H,26,31)/t14?,16-,18?/m0/s1. The molecule has 3 atom stereocenters. The van der Waals surface area contributed by atoms with E-state index in [0.717, 1.165) is 11.3 Å². The molecule has 1 amide bonds. The van der Waals surface area contributed by atoms with Crippen LogP contribution in [0.15, 0.2) is 40.2 Å². The zero-order valence-corrected chi connectivity index (χ0v) is 20.3. The summed E-state index contributed by atoms with van der Waals surface area (Å²) in [6, 6.07) is -0.624. The number of amides is 1. The van der Waals surface area contributed by atoms with Crippen molar-refractivity contribution < 1.29 is 13.9 Å². The van der Waals surface area contributed by atoms with Crippen LogP contribution in [0.1, 0.15) is 71.8 Å². The number of aromatic amines is 1. The van der Waals surface area contributed by atoms with Crippen LogP contribution in [0.25, 0.3) is 5.82 Å². The van der Waals surface area contributed by atoms with Crippen molar-refractivity contribution in [1.29, 1.82) is 0 Å². The summed E-state index contributed by atoms with van der Waals surface area (Å²) in [5.41, 5.74) is 1.93. The van der Waals surface area contributed by atoms with Gasteiger partial charge in [-0.2, -0.15) is 5.10 Å². The molecular formula is C24H32FN5O3. The van der Waals surface area contributed by atoms with E-state index in [4.69, 9.17) is 9.84 Å². The quantitative estimate of drug-likeness (QED) is 0.714. The first kappa shape index (κ1) is 23.1. The number of allylic oxidation sites excluding steroid dienone is 4. The first-order valence-electron chi connectivity index (χ1n) is 11.3. The second-order valence-electron chi connectivity index (χ2n) is 9.99. The van der Waals surface area contributed by atoms with Gasteiger partial charge in [0.1, 0.15) is 17.2 Å². The number of nitrogens with zero attached hydrogens (tertiary/aromatic N) is 4. The lowest BCUT2D eigenvalue weighted by Crippen LogP contribution is -2.42. The summed E-state index contributed by atoms with van der Waals surface area (Å²) in [6.07, 6.45) is 5.22. The lowest BCUT2D eigenvalue weighted by atomic mass is 9.86. The average molecular weight is 458 g/mol. The summed E-state index contributed by atoms with van der Waals surface area (Å²) in [5.74, 6) is 0.245. The van der Waals surface area contributed by atoms with Crippen molar-refractivity contribution in [3.05, 3.63) is 57.2 Å². The number of aromatic nitrogens is 4. The van der Waals surface area contributed by atoms with Crippen molar-refractivity contribution in [2.75, 3.05) is 6.54 Å². The van der Waals surface area contributed by atoms with E-state index < -0.39 is 11.7 Å². The van der Waals surface area contributed by atoms with E-state index in [0.29, 0.717) is 29.9 Å². The van der Waals surface area contributed by atoms with Gasteiger partial charge in [-0.05, 0) is 52.7 Å². The third-order valence-electron chi connectivity index (χ3n) is 6.57. The number of rotatable bonds is 2. The van der Waals surface area contributed by atoms with E-state index >= 15 is 0 Å². The van der Waals surface area contributed by atoms with Gasteiger partial charge in [0.25, 0.3) is 0 Å². The van der Waals surface area contributed by atoms with Gasteiger partial charge in [0.2, 0.25) is 0 Å². The van der Waals surface area contributed by atoms with E-state index in [2.05, 4.69) is 4.98 Å². The minimum absolute atomic E-state index is 0.152. The van der Waals surface area contributed by atoms with Crippen LogP contribution in [0.2, 0.25) is 0 Å². The minimum atomic E-state index is -0.616. The number of halogens is 1. The van der Waals surface area contributed by atoms with E-state index in [1.807, 2.05) is 45.4 Å². The molecule has 2 unspecified atom stereocenters. The van der Waals surface area contributed by atoms with Gasteiger partial charge >= 0.3 is 11.8 Å². The van der Waals surface area contributed by atoms with Crippen LogP contribution >= 0.6 is 0 Å². The molecule has 0 saturated heterocycles. The average Bonchev–Trinajstić information content (AvgIpc) is 3.31. The molecule has 2 aromatic heterocycles. The second-order valence-corrected chi connectivity index (χ2v) is 9.99. The molecule has 1 N–H and O–H groups in total. The SMILES string of the molecule is CC1=CC(n2nc3c(c2-n2cc[nH]c2=O)[C@H](C)N(C(=O)OC(C)(C)C)CC3)C(C)C(C)=C1F. The summed E-state index contributed by atoms with van der Waals surface area (Å²) >= 11 is 0. The van der Waals surface area contributed by atoms with Gasteiger partial charge in [0.05, 0.1) is 17.8 Å². The lowest BCUT2D eigenvalue weighted by Gasteiger charge is -2.35. The first-order chi connectivity index (χ1) is 15.4. The molecule has 33 heavy (non-hydrogen) atoms. The van der Waals surface area contributed by atoms with Gasteiger partial charge < -0.3 is 14.6 Å².